The van der Waals surface area contributed by atoms with Crippen LogP contribution in [-0.2, 0) is 0 Å². The lowest BCUT2D eigenvalue weighted by atomic mass is 10.7. The normalized spacial score (nSPS) is 9.90. The summed E-state index contributed by atoms with van der Waals surface area (Å²) in [5.41, 5.74) is 0. The Bertz CT molecular complexity index is 205. The van der Waals surface area contributed by atoms with Gasteiger partial charge in [0.05, 0.1) is 5.03 Å². The second kappa shape index (κ2) is 3.01. The first-order valence-corrected chi connectivity index (χ1v) is 4.37. The summed E-state index contributed by atoms with van der Waals surface area (Å²) in [5.74, 6) is 0. The quantitative estimate of drug-likeness (QED) is 0.598. The van der Waals surface area contributed by atoms with Gasteiger partial charge in [-0.05, 0) is 18.4 Å². The number of thioether (sulfide) groups is 1. The second-order valence-corrected chi connectivity index (χ2v) is 3.07. The summed E-state index contributed by atoms with van der Waals surface area (Å²) >= 11 is 1.75. The lowest BCUT2D eigenvalue weighted by molar-refractivity contribution is 0.679. The summed E-state index contributed by atoms with van der Waals surface area (Å²) in [5, 5.41) is 3.32. The lowest BCUT2D eigenvalue weighted by Crippen LogP contribution is -2.24. The second-order valence-electron chi connectivity index (χ2n) is 2.24. The van der Waals surface area contributed by atoms with E-state index < -0.39 is 0 Å². The molecule has 0 spiro atoms. The summed E-state index contributed by atoms with van der Waals surface area (Å²) in [6.45, 7) is 0. The minimum atomic E-state index is 1.27. The molecule has 3 heteroatoms. The zero-order chi connectivity index (χ0) is 7.56. The maximum Gasteiger partial charge on any atom is 0.0949 e. The van der Waals surface area contributed by atoms with Crippen LogP contribution in [0.3, 0.4) is 0 Å². The molecule has 0 aromatic carbocycles. The predicted molar refractivity (Wildman–Crippen MR) is 46.3 cm³/mol. The Labute approximate surface area is 65.8 Å². The van der Waals surface area contributed by atoms with Crippen LogP contribution in [0.15, 0.2) is 23.4 Å². The van der Waals surface area contributed by atoms with Crippen molar-refractivity contribution in [3.63, 3.8) is 0 Å². The third-order valence-corrected chi connectivity index (χ3v) is 2.07. The van der Waals surface area contributed by atoms with Crippen LogP contribution in [0.4, 0.5) is 0 Å². The minimum Gasteiger partial charge on any atom is -0.318 e. The topological polar surface area (TPSA) is 8.17 Å². The van der Waals surface area contributed by atoms with Gasteiger partial charge in [0.1, 0.15) is 0 Å². The standard InChI is InChI=1S/C7H12N2S/c1-8(2)9-6-4-5-7(9)10-3/h4-6H,1-3H3. The van der Waals surface area contributed by atoms with Crippen molar-refractivity contribution in [2.45, 2.75) is 5.03 Å². The number of hydrogen-bond donors (Lipinski definition) is 0. The third kappa shape index (κ3) is 1.29. The molecule has 1 aromatic heterocycles. The Hall–Kier alpha value is -0.570. The largest absolute Gasteiger partial charge is 0.318 e. The molecule has 1 heterocycles. The van der Waals surface area contributed by atoms with Crippen molar-refractivity contribution in [3.8, 4) is 0 Å². The Morgan fingerprint density at radius 3 is 2.60 bits per heavy atom. The number of aromatic nitrogens is 1. The van der Waals surface area contributed by atoms with Crippen LogP contribution >= 0.6 is 11.8 Å². The molecule has 10 heavy (non-hydrogen) atoms. The summed E-state index contributed by atoms with van der Waals surface area (Å²) < 4.78 is 2.10. The number of hydrogen-bond acceptors (Lipinski definition) is 2. The predicted octanol–water partition coefficient (Wildman–Crippen LogP) is 1.41. The van der Waals surface area contributed by atoms with Crippen molar-refractivity contribution >= 4 is 11.8 Å². The van der Waals surface area contributed by atoms with Gasteiger partial charge in [-0.1, -0.05) is 0 Å². The summed E-state index contributed by atoms with van der Waals surface area (Å²) in [6, 6.07) is 4.15. The zero-order valence-electron chi connectivity index (χ0n) is 6.53. The van der Waals surface area contributed by atoms with Crippen LogP contribution < -0.4 is 5.01 Å². The van der Waals surface area contributed by atoms with Gasteiger partial charge < -0.3 is 5.01 Å². The van der Waals surface area contributed by atoms with Crippen LogP contribution in [0.2, 0.25) is 0 Å². The van der Waals surface area contributed by atoms with Crippen molar-refractivity contribution in [2.75, 3.05) is 25.4 Å². The third-order valence-electron chi connectivity index (χ3n) is 1.33. The Kier molecular flexibility index (Phi) is 2.27. The van der Waals surface area contributed by atoms with Gasteiger partial charge in [-0.2, -0.15) is 0 Å². The highest BCUT2D eigenvalue weighted by atomic mass is 32.2. The van der Waals surface area contributed by atoms with Gasteiger partial charge in [0.25, 0.3) is 0 Å². The maximum atomic E-state index is 2.10. The van der Waals surface area contributed by atoms with Gasteiger partial charge >= 0.3 is 0 Å². The molecule has 0 radical (unpaired) electrons. The molecular weight excluding hydrogens is 144 g/mol. The summed E-state index contributed by atoms with van der Waals surface area (Å²) in [7, 11) is 4.06. The highest BCUT2D eigenvalue weighted by Crippen LogP contribution is 2.13. The van der Waals surface area contributed by atoms with Gasteiger partial charge in [-0.25, -0.2) is 0 Å². The molecule has 0 unspecified atom stereocenters. The van der Waals surface area contributed by atoms with Crippen LogP contribution in [0.25, 0.3) is 0 Å². The molecule has 2 nitrogen and oxygen atoms in total. The molecule has 0 N–H and O–H groups in total. The molecule has 0 bridgehead atoms. The van der Waals surface area contributed by atoms with Gasteiger partial charge in [-0.3, -0.25) is 4.68 Å². The highest BCUT2D eigenvalue weighted by Gasteiger charge is 1.97. The van der Waals surface area contributed by atoms with Crippen LogP contribution in [0.1, 0.15) is 0 Å². The Morgan fingerprint density at radius 1 is 1.50 bits per heavy atom. The lowest BCUT2D eigenvalue weighted by Gasteiger charge is -2.16. The molecule has 0 aliphatic rings. The van der Waals surface area contributed by atoms with Crippen molar-refractivity contribution in [3.05, 3.63) is 18.3 Å². The first-order chi connectivity index (χ1) is 4.75. The van der Waals surface area contributed by atoms with E-state index in [0.717, 1.165) is 0 Å². The summed E-state index contributed by atoms with van der Waals surface area (Å²) in [6.07, 6.45) is 4.13. The van der Waals surface area contributed by atoms with E-state index in [1.165, 1.54) is 5.03 Å². The van der Waals surface area contributed by atoms with Crippen LogP contribution in [0, 0.1) is 0 Å². The van der Waals surface area contributed by atoms with E-state index in [-0.39, 0.29) is 0 Å². The summed E-state index contributed by atoms with van der Waals surface area (Å²) in [4.78, 5) is 0. The minimum absolute atomic E-state index is 1.27. The fourth-order valence-electron chi connectivity index (χ4n) is 0.849. The molecule has 1 rings (SSSR count). The first-order valence-electron chi connectivity index (χ1n) is 3.14. The van der Waals surface area contributed by atoms with E-state index >= 15 is 0 Å². The molecule has 0 saturated carbocycles. The molecule has 0 fully saturated rings. The molecule has 0 aliphatic carbocycles. The van der Waals surface area contributed by atoms with Gasteiger partial charge in [0.15, 0.2) is 0 Å². The van der Waals surface area contributed by atoms with Crippen molar-refractivity contribution in [1.82, 2.24) is 4.68 Å². The molecule has 1 aromatic rings. The monoisotopic (exact) mass is 156 g/mol. The highest BCUT2D eigenvalue weighted by molar-refractivity contribution is 7.98. The average Bonchev–Trinajstić information content (AvgIpc) is 2.33. The Morgan fingerprint density at radius 2 is 2.20 bits per heavy atom. The van der Waals surface area contributed by atoms with Crippen LogP contribution in [0.5, 0.6) is 0 Å². The molecule has 0 saturated heterocycles. The molecule has 0 aliphatic heterocycles. The van der Waals surface area contributed by atoms with E-state index in [9.17, 15) is 0 Å². The van der Waals surface area contributed by atoms with E-state index in [2.05, 4.69) is 17.0 Å². The van der Waals surface area contributed by atoms with Gasteiger partial charge in [0, 0.05) is 20.3 Å². The van der Waals surface area contributed by atoms with Gasteiger partial charge in [-0.15, -0.1) is 11.8 Å². The van der Waals surface area contributed by atoms with Crippen molar-refractivity contribution in [2.24, 2.45) is 0 Å². The fourth-order valence-corrected chi connectivity index (χ4v) is 1.47. The van der Waals surface area contributed by atoms with E-state index in [1.807, 2.05) is 31.4 Å². The smallest absolute Gasteiger partial charge is 0.0949 e. The Balaban J connectivity index is 2.90. The first kappa shape index (κ1) is 7.54. The number of nitrogens with zero attached hydrogens (tertiary/aromatic N) is 2. The van der Waals surface area contributed by atoms with Gasteiger partial charge in [0.2, 0.25) is 0 Å². The van der Waals surface area contributed by atoms with Crippen LogP contribution in [-0.4, -0.2) is 25.0 Å². The molecule has 56 valence electrons. The maximum absolute atomic E-state index is 2.10. The van der Waals surface area contributed by atoms with Crippen molar-refractivity contribution in [1.29, 1.82) is 0 Å². The van der Waals surface area contributed by atoms with E-state index in [4.69, 9.17) is 0 Å². The molecule has 0 atom stereocenters. The molecule has 0 amide bonds. The zero-order valence-corrected chi connectivity index (χ0v) is 7.35. The average molecular weight is 156 g/mol. The fraction of sp³-hybridized carbons (Fsp3) is 0.429. The number of rotatable bonds is 2. The van der Waals surface area contributed by atoms with Crippen molar-refractivity contribution < 1.29 is 0 Å². The molecular formula is C7H12N2S. The van der Waals surface area contributed by atoms with E-state index in [1.54, 1.807) is 11.8 Å². The SMILES string of the molecule is CSc1cccn1N(C)C. The van der Waals surface area contributed by atoms with E-state index in [0.29, 0.717) is 0 Å².